The molecule has 9 heteroatoms. The monoisotopic (exact) mass is 574 g/mol. The minimum absolute atomic E-state index is 0.0479. The van der Waals surface area contributed by atoms with Gasteiger partial charge in [0.05, 0.1) is 12.7 Å². The van der Waals surface area contributed by atoms with Crippen LogP contribution in [0.2, 0.25) is 0 Å². The Labute approximate surface area is 168 Å². The van der Waals surface area contributed by atoms with Gasteiger partial charge in [0, 0.05) is 0 Å². The predicted molar refractivity (Wildman–Crippen MR) is 101 cm³/mol. The summed E-state index contributed by atoms with van der Waals surface area (Å²) >= 11 is 3.55. The lowest BCUT2D eigenvalue weighted by Gasteiger charge is -2.24. The number of ether oxygens (including phenoxy) is 1. The largest absolute Gasteiger partial charge is 0.506 e. The maximum Gasteiger partial charge on any atom is 0.382 e. The van der Waals surface area contributed by atoms with E-state index in [9.17, 15) is 23.5 Å². The Morgan fingerprint density at radius 2 is 1.60 bits per heavy atom. The maximum absolute atomic E-state index is 14.1. The number of halogens is 4. The number of phenolic OH excluding ortho intramolecular Hbond substituents is 1. The number of hydrogen-bond donors (Lipinski definition) is 2. The van der Waals surface area contributed by atoms with E-state index in [1.165, 1.54) is 36.4 Å². The summed E-state index contributed by atoms with van der Waals surface area (Å²) in [6.45, 7) is 0. The molecule has 0 fully saturated rings. The Morgan fingerprint density at radius 1 is 1.08 bits per heavy atom. The molecule has 1 unspecified atom stereocenters. The van der Waals surface area contributed by atoms with Gasteiger partial charge in [-0.05, 0) is 62.9 Å². The first kappa shape index (κ1) is 19.8. The fraction of sp³-hybridized carbons (Fsp3) is 0.125. The normalized spacial score (nSPS) is 12.5. The third-order valence-electron chi connectivity index (χ3n) is 3.19. The number of hydrogen-bond acceptors (Lipinski definition) is 4. The van der Waals surface area contributed by atoms with Crippen molar-refractivity contribution in [3.8, 4) is 5.75 Å². The second kappa shape index (κ2) is 7.81. The van der Waals surface area contributed by atoms with Crippen LogP contribution in [0.4, 0.5) is 8.78 Å². The van der Waals surface area contributed by atoms with Crippen LogP contribution in [0.25, 0.3) is 0 Å². The summed E-state index contributed by atoms with van der Waals surface area (Å²) in [4.78, 5) is 23.2. The lowest BCUT2D eigenvalue weighted by atomic mass is 10.0. The molecule has 1 atom stereocenters. The average molecular weight is 574 g/mol. The molecule has 0 amide bonds. The first-order valence-electron chi connectivity index (χ1n) is 6.69. The highest BCUT2D eigenvalue weighted by molar-refractivity contribution is 14.1. The maximum atomic E-state index is 14.1. The highest BCUT2D eigenvalue weighted by Crippen LogP contribution is 2.36. The van der Waals surface area contributed by atoms with Gasteiger partial charge in [-0.1, -0.05) is 30.3 Å². The van der Waals surface area contributed by atoms with E-state index in [0.29, 0.717) is 7.14 Å². The van der Waals surface area contributed by atoms with E-state index in [0.717, 1.165) is 0 Å². The van der Waals surface area contributed by atoms with Gasteiger partial charge in [0.1, 0.15) is 5.75 Å². The molecule has 5 nitrogen and oxygen atoms in total. The van der Waals surface area contributed by atoms with Crippen LogP contribution >= 0.6 is 45.2 Å². The molecule has 0 radical (unpaired) electrons. The second-order valence-electron chi connectivity index (χ2n) is 4.91. The fourth-order valence-corrected chi connectivity index (χ4v) is 3.72. The van der Waals surface area contributed by atoms with Gasteiger partial charge in [-0.15, -0.1) is 0 Å². The van der Waals surface area contributed by atoms with E-state index in [1.54, 1.807) is 51.2 Å². The number of phenols is 1. The van der Waals surface area contributed by atoms with Crippen molar-refractivity contribution in [2.45, 2.75) is 12.0 Å². The van der Waals surface area contributed by atoms with Crippen LogP contribution in [-0.4, -0.2) is 28.1 Å². The molecular weight excluding hydrogens is 564 g/mol. The molecule has 2 aromatic rings. The predicted octanol–water partition coefficient (Wildman–Crippen LogP) is 4.22. The van der Waals surface area contributed by atoms with E-state index < -0.39 is 24.0 Å². The Bertz CT molecular complexity index is 788. The van der Waals surface area contributed by atoms with E-state index in [4.69, 9.17) is 9.84 Å². The van der Waals surface area contributed by atoms with E-state index in [2.05, 4.69) is 0 Å². The molecule has 0 aliphatic heterocycles. The van der Waals surface area contributed by atoms with Gasteiger partial charge in [0.15, 0.2) is 0 Å². The first-order chi connectivity index (χ1) is 11.6. The lowest BCUT2D eigenvalue weighted by molar-refractivity contribution is -0.183. The molecule has 0 saturated heterocycles. The van der Waals surface area contributed by atoms with Crippen molar-refractivity contribution >= 4 is 57.1 Å². The Kier molecular flexibility index (Phi) is 6.19. The number of esters is 1. The van der Waals surface area contributed by atoms with Gasteiger partial charge in [0.25, 0.3) is 0 Å². The summed E-state index contributed by atoms with van der Waals surface area (Å²) < 4.78 is 33.7. The highest BCUT2D eigenvalue weighted by atomic mass is 127. The molecule has 0 spiro atoms. The van der Waals surface area contributed by atoms with Crippen molar-refractivity contribution in [1.29, 1.82) is 0 Å². The number of aliphatic carboxylic acids is 1. The van der Waals surface area contributed by atoms with Gasteiger partial charge >= 0.3 is 17.9 Å². The molecule has 0 heterocycles. The van der Waals surface area contributed by atoms with Gasteiger partial charge < -0.3 is 14.9 Å². The zero-order valence-corrected chi connectivity index (χ0v) is 16.6. The number of carboxylic acid groups (broad SMARTS) is 1. The smallest absolute Gasteiger partial charge is 0.382 e. The summed E-state index contributed by atoms with van der Waals surface area (Å²) in [5, 5.41) is 18.5. The third kappa shape index (κ3) is 4.37. The molecule has 0 bridgehead atoms. The van der Waals surface area contributed by atoms with E-state index in [1.807, 2.05) is 0 Å². The highest BCUT2D eigenvalue weighted by Gasteiger charge is 2.51. The number of carbonyl (C=O) groups is 2. The summed E-state index contributed by atoms with van der Waals surface area (Å²) in [7, 11) is 0. The molecule has 0 aliphatic carbocycles. The third-order valence-corrected chi connectivity index (χ3v) is 4.84. The average Bonchev–Trinajstić information content (AvgIpc) is 2.57. The van der Waals surface area contributed by atoms with Crippen LogP contribution in [0.5, 0.6) is 5.75 Å². The lowest BCUT2D eigenvalue weighted by Crippen LogP contribution is -2.38. The molecule has 0 saturated carbocycles. The summed E-state index contributed by atoms with van der Waals surface area (Å²) in [5.41, 5.74) is -0.222. The van der Waals surface area contributed by atoms with Crippen LogP contribution in [0, 0.1) is 7.14 Å². The van der Waals surface area contributed by atoms with Gasteiger partial charge in [-0.25, -0.2) is 9.59 Å². The SMILES string of the molecule is O=C(OC(c1ccccc1)C(F)(F)C(=O)O)c1cc(I)c(O)c(I)c1. The summed E-state index contributed by atoms with van der Waals surface area (Å²) in [5.74, 6) is -7.88. The zero-order valence-electron chi connectivity index (χ0n) is 12.2. The number of aromatic hydroxyl groups is 1. The molecule has 25 heavy (non-hydrogen) atoms. The molecule has 132 valence electrons. The van der Waals surface area contributed by atoms with E-state index in [-0.39, 0.29) is 16.9 Å². The Balaban J connectivity index is 2.40. The summed E-state index contributed by atoms with van der Waals surface area (Å²) in [6, 6.07) is 9.45. The second-order valence-corrected chi connectivity index (χ2v) is 7.24. The number of alkyl halides is 2. The molecule has 2 aromatic carbocycles. The molecule has 2 N–H and O–H groups in total. The fourth-order valence-electron chi connectivity index (χ4n) is 1.95. The molecular formula is C16H10F2I2O5. The minimum Gasteiger partial charge on any atom is -0.506 e. The number of benzene rings is 2. The zero-order chi connectivity index (χ0) is 18.8. The van der Waals surface area contributed by atoms with Crippen molar-refractivity contribution in [3.05, 3.63) is 60.7 Å². The van der Waals surface area contributed by atoms with E-state index >= 15 is 0 Å². The van der Waals surface area contributed by atoms with Crippen LogP contribution < -0.4 is 0 Å². The van der Waals surface area contributed by atoms with Crippen molar-refractivity contribution in [1.82, 2.24) is 0 Å². The van der Waals surface area contributed by atoms with Crippen LogP contribution in [0.1, 0.15) is 22.0 Å². The van der Waals surface area contributed by atoms with Crippen LogP contribution in [0.15, 0.2) is 42.5 Å². The molecule has 0 aromatic heterocycles. The van der Waals surface area contributed by atoms with Gasteiger partial charge in [-0.3, -0.25) is 0 Å². The van der Waals surface area contributed by atoms with Gasteiger partial charge in [-0.2, -0.15) is 8.78 Å². The van der Waals surface area contributed by atoms with Crippen LogP contribution in [0.3, 0.4) is 0 Å². The Hall–Kier alpha value is -1.50. The number of carboxylic acids is 1. The number of rotatable bonds is 5. The number of carbonyl (C=O) groups excluding carboxylic acids is 1. The molecule has 0 aliphatic rings. The van der Waals surface area contributed by atoms with Crippen molar-refractivity contribution < 1.29 is 33.3 Å². The van der Waals surface area contributed by atoms with Crippen molar-refractivity contribution in [3.63, 3.8) is 0 Å². The first-order valence-corrected chi connectivity index (χ1v) is 8.85. The topological polar surface area (TPSA) is 83.8 Å². The van der Waals surface area contributed by atoms with Crippen molar-refractivity contribution in [2.75, 3.05) is 0 Å². The standard InChI is InChI=1S/C16H10F2I2O5/c17-16(18,15(23)24)13(8-4-2-1-3-5-8)25-14(22)9-6-10(19)12(21)11(20)7-9/h1-7,13,21H,(H,23,24). The van der Waals surface area contributed by atoms with Crippen molar-refractivity contribution in [2.24, 2.45) is 0 Å². The minimum atomic E-state index is -4.31. The summed E-state index contributed by atoms with van der Waals surface area (Å²) in [6.07, 6.45) is -2.29. The van der Waals surface area contributed by atoms with Gasteiger partial charge in [0.2, 0.25) is 6.10 Å². The van der Waals surface area contributed by atoms with Crippen LogP contribution in [-0.2, 0) is 9.53 Å². The quantitative estimate of drug-likeness (QED) is 0.413. The molecule has 2 rings (SSSR count). The Morgan fingerprint density at radius 3 is 2.08 bits per heavy atom.